The van der Waals surface area contributed by atoms with Gasteiger partial charge in [0.15, 0.2) is 0 Å². The fourth-order valence-electron chi connectivity index (χ4n) is 1.61. The lowest BCUT2D eigenvalue weighted by Gasteiger charge is -2.08. The minimum Gasteiger partial charge on any atom is -0.330 e. The Morgan fingerprint density at radius 2 is 2.15 bits per heavy atom. The number of hydrogen-bond acceptors (Lipinski definition) is 1. The molecule has 0 aliphatic carbocycles. The van der Waals surface area contributed by atoms with Gasteiger partial charge in [-0.3, -0.25) is 0 Å². The second-order valence-corrected chi connectivity index (χ2v) is 4.76. The van der Waals surface area contributed by atoms with E-state index in [1.807, 2.05) is 6.20 Å². The molecule has 3 heteroatoms. The molecule has 2 heterocycles. The first kappa shape index (κ1) is 8.50. The van der Waals surface area contributed by atoms with Crippen LogP contribution in [0.2, 0.25) is 0 Å². The van der Waals surface area contributed by atoms with Crippen LogP contribution in [0.3, 0.4) is 0 Å². The van der Waals surface area contributed by atoms with Gasteiger partial charge < -0.3 is 4.57 Å². The number of pyridine rings is 1. The number of rotatable bonds is 1. The summed E-state index contributed by atoms with van der Waals surface area (Å²) in [4.78, 5) is 4.41. The van der Waals surface area contributed by atoms with E-state index in [1.54, 1.807) is 0 Å². The molecular formula is C10H14N2Si. The average Bonchev–Trinajstić information content (AvgIpc) is 2.48. The molecule has 0 fully saturated rings. The van der Waals surface area contributed by atoms with Crippen molar-refractivity contribution in [2.24, 2.45) is 0 Å². The first-order valence-electron chi connectivity index (χ1n) is 4.62. The molecule has 0 saturated heterocycles. The topological polar surface area (TPSA) is 17.8 Å². The second kappa shape index (κ2) is 2.99. The van der Waals surface area contributed by atoms with Gasteiger partial charge in [-0.25, -0.2) is 4.98 Å². The summed E-state index contributed by atoms with van der Waals surface area (Å²) in [6.45, 7) is 4.36. The maximum absolute atomic E-state index is 4.41. The zero-order valence-electron chi connectivity index (χ0n) is 8.28. The number of hydrogen-bond donors (Lipinski definition) is 0. The van der Waals surface area contributed by atoms with Crippen LogP contribution in [0, 0.1) is 0 Å². The molecule has 0 amide bonds. The SMILES string of the molecule is CC(C)n1ccc2c([SiH3])ccnc21. The van der Waals surface area contributed by atoms with Crippen molar-refractivity contribution in [1.82, 2.24) is 9.55 Å². The largest absolute Gasteiger partial charge is 0.330 e. The number of aromatic nitrogens is 2. The Morgan fingerprint density at radius 3 is 2.85 bits per heavy atom. The first-order chi connectivity index (χ1) is 6.20. The Kier molecular flexibility index (Phi) is 1.96. The maximum Gasteiger partial charge on any atom is 0.139 e. The predicted molar refractivity (Wildman–Crippen MR) is 59.7 cm³/mol. The summed E-state index contributed by atoms with van der Waals surface area (Å²) in [7, 11) is 1.09. The third kappa shape index (κ3) is 1.29. The molecule has 0 unspecified atom stereocenters. The molecule has 13 heavy (non-hydrogen) atoms. The van der Waals surface area contributed by atoms with Crippen molar-refractivity contribution in [3.63, 3.8) is 0 Å². The molecule has 68 valence electrons. The van der Waals surface area contributed by atoms with Gasteiger partial charge in [0.2, 0.25) is 0 Å². The van der Waals surface area contributed by atoms with Gasteiger partial charge in [-0.2, -0.15) is 0 Å². The average molecular weight is 190 g/mol. The molecule has 2 aromatic heterocycles. The highest BCUT2D eigenvalue weighted by Crippen LogP contribution is 2.15. The van der Waals surface area contributed by atoms with Gasteiger partial charge in [-0.1, -0.05) is 5.19 Å². The molecular weight excluding hydrogens is 176 g/mol. The van der Waals surface area contributed by atoms with E-state index in [1.165, 1.54) is 10.6 Å². The van der Waals surface area contributed by atoms with E-state index in [0.717, 1.165) is 15.9 Å². The molecule has 0 atom stereocenters. The lowest BCUT2D eigenvalue weighted by molar-refractivity contribution is 0.618. The zero-order chi connectivity index (χ0) is 9.42. The Morgan fingerprint density at radius 1 is 1.38 bits per heavy atom. The van der Waals surface area contributed by atoms with Gasteiger partial charge in [-0.15, -0.1) is 0 Å². The minimum absolute atomic E-state index is 0.494. The van der Waals surface area contributed by atoms with Crippen LogP contribution in [-0.2, 0) is 0 Å². The summed E-state index contributed by atoms with van der Waals surface area (Å²) in [6, 6.07) is 4.78. The summed E-state index contributed by atoms with van der Waals surface area (Å²) < 4.78 is 2.22. The van der Waals surface area contributed by atoms with E-state index in [2.05, 4.69) is 41.7 Å². The highest BCUT2D eigenvalue weighted by molar-refractivity contribution is 6.38. The molecule has 0 saturated carbocycles. The highest BCUT2D eigenvalue weighted by Gasteiger charge is 2.05. The van der Waals surface area contributed by atoms with Crippen LogP contribution in [0.15, 0.2) is 24.5 Å². The monoisotopic (exact) mass is 190 g/mol. The predicted octanol–water partition coefficient (Wildman–Crippen LogP) is 0.608. The minimum atomic E-state index is 0.494. The van der Waals surface area contributed by atoms with Crippen LogP contribution in [0.5, 0.6) is 0 Å². The number of nitrogens with zero attached hydrogens (tertiary/aromatic N) is 2. The fourth-order valence-corrected chi connectivity index (χ4v) is 2.15. The highest BCUT2D eigenvalue weighted by atomic mass is 28.1. The molecule has 0 aliphatic heterocycles. The summed E-state index contributed by atoms with van der Waals surface area (Å²) in [5.74, 6) is 0. The zero-order valence-corrected chi connectivity index (χ0v) is 10.3. The Bertz CT molecular complexity index is 431. The van der Waals surface area contributed by atoms with Crippen LogP contribution < -0.4 is 5.19 Å². The number of fused-ring (bicyclic) bond motifs is 1. The van der Waals surface area contributed by atoms with Crippen LogP contribution in [0.4, 0.5) is 0 Å². The van der Waals surface area contributed by atoms with Gasteiger partial charge in [0.25, 0.3) is 0 Å². The van der Waals surface area contributed by atoms with Crippen molar-refractivity contribution in [2.45, 2.75) is 19.9 Å². The van der Waals surface area contributed by atoms with E-state index in [-0.39, 0.29) is 0 Å². The van der Waals surface area contributed by atoms with E-state index in [9.17, 15) is 0 Å². The Labute approximate surface area is 81.0 Å². The summed E-state index contributed by atoms with van der Waals surface area (Å²) in [5, 5.41) is 2.76. The molecule has 2 rings (SSSR count). The Hall–Kier alpha value is -1.09. The molecule has 0 aromatic carbocycles. The van der Waals surface area contributed by atoms with Gasteiger partial charge in [0.05, 0.1) is 0 Å². The normalized spacial score (nSPS) is 11.6. The molecule has 0 bridgehead atoms. The second-order valence-electron chi connectivity index (χ2n) is 3.68. The standard InChI is InChI=1S/C10H14N2Si/c1-7(2)12-6-4-8-9(13)3-5-11-10(8)12/h3-7H,1-2,13H3. The van der Waals surface area contributed by atoms with Crippen molar-refractivity contribution >= 4 is 26.5 Å². The lowest BCUT2D eigenvalue weighted by Crippen LogP contribution is -2.05. The maximum atomic E-state index is 4.41. The molecule has 0 radical (unpaired) electrons. The third-order valence-electron chi connectivity index (χ3n) is 2.39. The van der Waals surface area contributed by atoms with E-state index < -0.39 is 0 Å². The van der Waals surface area contributed by atoms with Gasteiger partial charge >= 0.3 is 0 Å². The summed E-state index contributed by atoms with van der Waals surface area (Å²) in [5.41, 5.74) is 1.13. The fraction of sp³-hybridized carbons (Fsp3) is 0.300. The van der Waals surface area contributed by atoms with Crippen molar-refractivity contribution in [3.05, 3.63) is 24.5 Å². The molecule has 0 aliphatic rings. The van der Waals surface area contributed by atoms with Crippen LogP contribution in [-0.4, -0.2) is 19.8 Å². The van der Waals surface area contributed by atoms with Gasteiger partial charge in [-0.05, 0) is 26.0 Å². The van der Waals surface area contributed by atoms with Gasteiger partial charge in [0.1, 0.15) is 5.65 Å². The van der Waals surface area contributed by atoms with Crippen molar-refractivity contribution in [2.75, 3.05) is 0 Å². The third-order valence-corrected chi connectivity index (χ3v) is 3.26. The Balaban J connectivity index is 2.75. The van der Waals surface area contributed by atoms with Crippen LogP contribution in [0.1, 0.15) is 19.9 Å². The molecule has 0 spiro atoms. The van der Waals surface area contributed by atoms with Crippen molar-refractivity contribution in [1.29, 1.82) is 0 Å². The molecule has 2 nitrogen and oxygen atoms in total. The van der Waals surface area contributed by atoms with Crippen LogP contribution >= 0.6 is 0 Å². The molecule has 2 aromatic rings. The quantitative estimate of drug-likeness (QED) is 0.602. The summed E-state index contributed by atoms with van der Waals surface area (Å²) in [6.07, 6.45) is 4.04. The van der Waals surface area contributed by atoms with Gasteiger partial charge in [0, 0.05) is 34.1 Å². The smallest absolute Gasteiger partial charge is 0.139 e. The van der Waals surface area contributed by atoms with Crippen molar-refractivity contribution in [3.8, 4) is 0 Å². The van der Waals surface area contributed by atoms with E-state index >= 15 is 0 Å². The summed E-state index contributed by atoms with van der Waals surface area (Å²) >= 11 is 0. The van der Waals surface area contributed by atoms with Crippen molar-refractivity contribution < 1.29 is 0 Å². The lowest BCUT2D eigenvalue weighted by atomic mass is 10.3. The first-order valence-corrected chi connectivity index (χ1v) is 5.62. The molecule has 0 N–H and O–H groups in total. The van der Waals surface area contributed by atoms with E-state index in [4.69, 9.17) is 0 Å². The van der Waals surface area contributed by atoms with E-state index in [0.29, 0.717) is 6.04 Å². The van der Waals surface area contributed by atoms with Crippen LogP contribution in [0.25, 0.3) is 11.0 Å².